The van der Waals surface area contributed by atoms with E-state index in [-0.39, 0.29) is 6.54 Å². The molecular formula is C11H16N2O3S. The molecule has 0 unspecified atom stereocenters. The number of aliphatic carboxylic acids is 1. The zero-order valence-electron chi connectivity index (χ0n) is 10.1. The Balaban J connectivity index is 2.73. The highest BCUT2D eigenvalue weighted by Gasteiger charge is 2.16. The molecule has 1 aromatic heterocycles. The number of carboxylic acid groups (broad SMARTS) is 1. The summed E-state index contributed by atoms with van der Waals surface area (Å²) in [7, 11) is 0. The molecule has 1 rings (SSSR count). The van der Waals surface area contributed by atoms with Gasteiger partial charge in [0.1, 0.15) is 12.2 Å². The molecule has 0 aromatic carbocycles. The van der Waals surface area contributed by atoms with Crippen LogP contribution in [-0.2, 0) is 11.2 Å². The molecule has 0 radical (unpaired) electrons. The first-order chi connectivity index (χ1) is 7.90. The quantitative estimate of drug-likeness (QED) is 0.836. The Kier molecular flexibility index (Phi) is 4.62. The van der Waals surface area contributed by atoms with Crippen LogP contribution in [0.3, 0.4) is 0 Å². The smallest absolute Gasteiger partial charge is 0.322 e. The molecule has 1 amide bonds. The number of nitrogens with one attached hydrogen (secondary N) is 1. The predicted octanol–water partition coefficient (Wildman–Crippen LogP) is 1.46. The Morgan fingerprint density at radius 2 is 2.12 bits per heavy atom. The maximum absolute atomic E-state index is 11.6. The van der Waals surface area contributed by atoms with Gasteiger partial charge in [-0.15, -0.1) is 11.3 Å². The summed E-state index contributed by atoms with van der Waals surface area (Å²) in [6.07, 6.45) is 0.831. The molecule has 17 heavy (non-hydrogen) atoms. The van der Waals surface area contributed by atoms with E-state index in [0.717, 1.165) is 16.3 Å². The number of amides is 1. The molecule has 1 aromatic rings. The second-order valence-corrected chi connectivity index (χ2v) is 5.47. The zero-order valence-corrected chi connectivity index (χ0v) is 10.9. The lowest BCUT2D eigenvalue weighted by atomic mass is 10.1. The number of hydrogen-bond donors (Lipinski definition) is 2. The molecule has 5 nitrogen and oxygen atoms in total. The van der Waals surface area contributed by atoms with Crippen molar-refractivity contribution in [3.63, 3.8) is 0 Å². The fraction of sp³-hybridized carbons (Fsp3) is 0.545. The molecule has 0 fully saturated rings. The van der Waals surface area contributed by atoms with Gasteiger partial charge in [-0.2, -0.15) is 0 Å². The SMILES string of the molecule is Cc1sc(CC(C)C)nc1C(=O)NCC(=O)O. The second kappa shape index (κ2) is 5.77. The first-order valence-electron chi connectivity index (χ1n) is 5.36. The van der Waals surface area contributed by atoms with Gasteiger partial charge in [0.25, 0.3) is 5.91 Å². The van der Waals surface area contributed by atoms with E-state index in [4.69, 9.17) is 5.11 Å². The van der Waals surface area contributed by atoms with E-state index < -0.39 is 11.9 Å². The molecule has 2 N–H and O–H groups in total. The van der Waals surface area contributed by atoms with Crippen molar-refractivity contribution in [1.82, 2.24) is 10.3 Å². The number of aromatic nitrogens is 1. The van der Waals surface area contributed by atoms with Gasteiger partial charge in [-0.1, -0.05) is 13.8 Å². The molecule has 6 heteroatoms. The summed E-state index contributed by atoms with van der Waals surface area (Å²) in [6, 6.07) is 0. The van der Waals surface area contributed by atoms with Crippen molar-refractivity contribution in [2.45, 2.75) is 27.2 Å². The van der Waals surface area contributed by atoms with Gasteiger partial charge >= 0.3 is 5.97 Å². The minimum absolute atomic E-state index is 0.340. The summed E-state index contributed by atoms with van der Waals surface area (Å²) in [5, 5.41) is 11.7. The molecule has 0 aliphatic carbocycles. The minimum Gasteiger partial charge on any atom is -0.480 e. The molecule has 1 heterocycles. The van der Waals surface area contributed by atoms with E-state index in [9.17, 15) is 9.59 Å². The van der Waals surface area contributed by atoms with Crippen molar-refractivity contribution in [2.24, 2.45) is 5.92 Å². The maximum atomic E-state index is 11.6. The highest BCUT2D eigenvalue weighted by molar-refractivity contribution is 7.11. The van der Waals surface area contributed by atoms with Crippen molar-refractivity contribution < 1.29 is 14.7 Å². The number of aryl methyl sites for hydroxylation is 1. The molecule has 0 bridgehead atoms. The average molecular weight is 256 g/mol. The third-order valence-corrected chi connectivity index (χ3v) is 3.03. The van der Waals surface area contributed by atoms with Crippen molar-refractivity contribution in [2.75, 3.05) is 6.54 Å². The van der Waals surface area contributed by atoms with Crippen LogP contribution in [0.4, 0.5) is 0 Å². The monoisotopic (exact) mass is 256 g/mol. The molecule has 0 saturated carbocycles. The zero-order chi connectivity index (χ0) is 13.0. The largest absolute Gasteiger partial charge is 0.480 e. The van der Waals surface area contributed by atoms with Gasteiger partial charge in [0.2, 0.25) is 0 Å². The second-order valence-electron chi connectivity index (χ2n) is 4.19. The molecule has 0 aliphatic rings. The Morgan fingerprint density at radius 1 is 1.47 bits per heavy atom. The summed E-state index contributed by atoms with van der Waals surface area (Å²) in [5.74, 6) is -1.000. The molecule has 0 aliphatic heterocycles. The van der Waals surface area contributed by atoms with E-state index in [1.165, 1.54) is 11.3 Å². The standard InChI is InChI=1S/C11H16N2O3S/c1-6(2)4-8-13-10(7(3)17-8)11(16)12-5-9(14)15/h6H,4-5H2,1-3H3,(H,12,16)(H,14,15). The van der Waals surface area contributed by atoms with Crippen LogP contribution in [0, 0.1) is 12.8 Å². The third-order valence-electron chi connectivity index (χ3n) is 2.04. The van der Waals surface area contributed by atoms with E-state index in [2.05, 4.69) is 24.1 Å². The first-order valence-corrected chi connectivity index (χ1v) is 6.18. The van der Waals surface area contributed by atoms with Crippen LogP contribution in [-0.4, -0.2) is 28.5 Å². The normalized spacial score (nSPS) is 10.6. The van der Waals surface area contributed by atoms with E-state index >= 15 is 0 Å². The fourth-order valence-corrected chi connectivity index (χ4v) is 2.48. The van der Waals surface area contributed by atoms with Crippen LogP contribution in [0.15, 0.2) is 0 Å². The summed E-state index contributed by atoms with van der Waals surface area (Å²) in [4.78, 5) is 27.0. The Morgan fingerprint density at radius 3 is 2.65 bits per heavy atom. The molecule has 0 spiro atoms. The molecular weight excluding hydrogens is 240 g/mol. The highest BCUT2D eigenvalue weighted by atomic mass is 32.1. The number of rotatable bonds is 5. The van der Waals surface area contributed by atoms with E-state index in [0.29, 0.717) is 11.6 Å². The van der Waals surface area contributed by atoms with Crippen molar-refractivity contribution in [3.8, 4) is 0 Å². The van der Waals surface area contributed by atoms with Crippen LogP contribution in [0.1, 0.15) is 34.2 Å². The number of hydrogen-bond acceptors (Lipinski definition) is 4. The number of nitrogens with zero attached hydrogens (tertiary/aromatic N) is 1. The van der Waals surface area contributed by atoms with Crippen molar-refractivity contribution in [3.05, 3.63) is 15.6 Å². The van der Waals surface area contributed by atoms with E-state index in [1.807, 2.05) is 6.92 Å². The van der Waals surface area contributed by atoms with Crippen molar-refractivity contribution in [1.29, 1.82) is 0 Å². The number of carboxylic acids is 1. The lowest BCUT2D eigenvalue weighted by Gasteiger charge is -2.00. The molecule has 0 atom stereocenters. The summed E-state index contributed by atoms with van der Waals surface area (Å²) < 4.78 is 0. The summed E-state index contributed by atoms with van der Waals surface area (Å²) in [5.41, 5.74) is 0.340. The minimum atomic E-state index is -1.06. The topological polar surface area (TPSA) is 79.3 Å². The third kappa shape index (κ3) is 4.14. The van der Waals surface area contributed by atoms with Gasteiger partial charge in [0, 0.05) is 11.3 Å². The Labute approximate surface area is 104 Å². The molecule has 0 saturated heterocycles. The maximum Gasteiger partial charge on any atom is 0.322 e. The van der Waals surface area contributed by atoms with Crippen LogP contribution < -0.4 is 5.32 Å². The number of thiazole rings is 1. The average Bonchev–Trinajstić information content (AvgIpc) is 2.54. The lowest BCUT2D eigenvalue weighted by molar-refractivity contribution is -0.135. The number of carbonyl (C=O) groups is 2. The lowest BCUT2D eigenvalue weighted by Crippen LogP contribution is -2.29. The molecule has 94 valence electrons. The van der Waals surface area contributed by atoms with Crippen LogP contribution in [0.25, 0.3) is 0 Å². The summed E-state index contributed by atoms with van der Waals surface area (Å²) >= 11 is 1.49. The Bertz CT molecular complexity index is 426. The van der Waals surface area contributed by atoms with Gasteiger partial charge in [-0.25, -0.2) is 4.98 Å². The first kappa shape index (κ1) is 13.6. The van der Waals surface area contributed by atoms with Crippen molar-refractivity contribution >= 4 is 23.2 Å². The van der Waals surface area contributed by atoms with Crippen LogP contribution in [0.2, 0.25) is 0 Å². The fourth-order valence-electron chi connectivity index (χ4n) is 1.34. The van der Waals surface area contributed by atoms with Gasteiger partial charge in [0.05, 0.1) is 5.01 Å². The van der Waals surface area contributed by atoms with Gasteiger partial charge in [-0.05, 0) is 12.8 Å². The highest BCUT2D eigenvalue weighted by Crippen LogP contribution is 2.20. The van der Waals surface area contributed by atoms with Gasteiger partial charge in [-0.3, -0.25) is 9.59 Å². The van der Waals surface area contributed by atoms with Gasteiger partial charge < -0.3 is 10.4 Å². The van der Waals surface area contributed by atoms with E-state index in [1.54, 1.807) is 0 Å². The van der Waals surface area contributed by atoms with Gasteiger partial charge in [0.15, 0.2) is 0 Å². The van der Waals surface area contributed by atoms with Crippen LogP contribution in [0.5, 0.6) is 0 Å². The van der Waals surface area contributed by atoms with Crippen LogP contribution >= 0.6 is 11.3 Å². The Hall–Kier alpha value is -1.43. The summed E-state index contributed by atoms with van der Waals surface area (Å²) in [6.45, 7) is 5.61. The predicted molar refractivity (Wildman–Crippen MR) is 65.4 cm³/mol. The number of carbonyl (C=O) groups excluding carboxylic acids is 1.